The van der Waals surface area contributed by atoms with Crippen molar-refractivity contribution in [1.29, 1.82) is 0 Å². The highest BCUT2D eigenvalue weighted by Crippen LogP contribution is 2.09. The zero-order valence-electron chi connectivity index (χ0n) is 6.64. The van der Waals surface area contributed by atoms with Crippen molar-refractivity contribution in [2.75, 3.05) is 0 Å². The van der Waals surface area contributed by atoms with Gasteiger partial charge in [-0.3, -0.25) is 9.20 Å². The Kier molecular flexibility index (Phi) is 1.02. The lowest BCUT2D eigenvalue weighted by atomic mass is 10.4. The Balaban J connectivity index is 2.81. The minimum absolute atomic E-state index is 0.230. The summed E-state index contributed by atoms with van der Waals surface area (Å²) in [5.74, 6) is 0. The molecule has 0 aliphatic carbocycles. The maximum Gasteiger partial charge on any atom is 0.295 e. The Morgan fingerprint density at radius 1 is 1.15 bits per heavy atom. The molecule has 3 heterocycles. The minimum atomic E-state index is -0.230. The molecule has 0 N–H and O–H groups in total. The van der Waals surface area contributed by atoms with Crippen molar-refractivity contribution in [3.63, 3.8) is 0 Å². The van der Waals surface area contributed by atoms with Crippen LogP contribution in [0.25, 0.3) is 16.7 Å². The average molecular weight is 171 g/mol. The first-order chi connectivity index (χ1) is 6.36. The molecule has 0 radical (unpaired) electrons. The third-order valence-electron chi connectivity index (χ3n) is 2.09. The molecule has 0 atom stereocenters. The molecular formula is C9H5N3O. The van der Waals surface area contributed by atoms with Gasteiger partial charge in [-0.05, 0) is 12.1 Å². The van der Waals surface area contributed by atoms with Gasteiger partial charge >= 0.3 is 0 Å². The lowest BCUT2D eigenvalue weighted by Gasteiger charge is -1.97. The quantitative estimate of drug-likeness (QED) is 0.499. The van der Waals surface area contributed by atoms with Crippen LogP contribution in [-0.2, 0) is 0 Å². The van der Waals surface area contributed by atoms with Gasteiger partial charge in [0.2, 0.25) is 0 Å². The van der Waals surface area contributed by atoms with Crippen LogP contribution in [0.1, 0.15) is 0 Å². The van der Waals surface area contributed by atoms with Gasteiger partial charge in [-0.1, -0.05) is 6.07 Å². The van der Waals surface area contributed by atoms with Crippen LogP contribution < -0.4 is 5.56 Å². The highest BCUT2D eigenvalue weighted by Gasteiger charge is 2.04. The number of aromatic nitrogens is 3. The van der Waals surface area contributed by atoms with Gasteiger partial charge < -0.3 is 0 Å². The molecule has 0 bridgehead atoms. The van der Waals surface area contributed by atoms with Gasteiger partial charge in [0, 0.05) is 0 Å². The average Bonchev–Trinajstić information content (AvgIpc) is 2.57. The topological polar surface area (TPSA) is 47.3 Å². The van der Waals surface area contributed by atoms with Gasteiger partial charge in [0.25, 0.3) is 5.56 Å². The predicted octanol–water partition coefficient (Wildman–Crippen LogP) is 0.680. The van der Waals surface area contributed by atoms with Crippen LogP contribution in [0.3, 0.4) is 0 Å². The smallest absolute Gasteiger partial charge is 0.287 e. The van der Waals surface area contributed by atoms with Gasteiger partial charge in [0.1, 0.15) is 11.2 Å². The molecule has 0 amide bonds. The molecule has 0 unspecified atom stereocenters. The van der Waals surface area contributed by atoms with Crippen LogP contribution in [0, 0.1) is 0 Å². The van der Waals surface area contributed by atoms with E-state index in [0.717, 1.165) is 11.2 Å². The molecule has 0 saturated carbocycles. The largest absolute Gasteiger partial charge is 0.295 e. The molecule has 3 aromatic heterocycles. The number of imidazole rings is 1. The minimum Gasteiger partial charge on any atom is -0.287 e. The lowest BCUT2D eigenvalue weighted by molar-refractivity contribution is 1.17. The van der Waals surface area contributed by atoms with E-state index in [9.17, 15) is 4.79 Å². The Morgan fingerprint density at radius 2 is 2.08 bits per heavy atom. The Labute approximate surface area is 72.8 Å². The molecule has 0 fully saturated rings. The number of rotatable bonds is 0. The number of pyridine rings is 1. The Hall–Kier alpha value is -1.97. The van der Waals surface area contributed by atoms with E-state index in [-0.39, 0.29) is 5.56 Å². The maximum absolute atomic E-state index is 11.3. The standard InChI is InChI=1S/C9H5N3O/c13-9-7-5-10-8-3-1-2-6(4-11-9)12(7)8/h1-5H. The summed E-state index contributed by atoms with van der Waals surface area (Å²) in [6, 6.07) is 5.65. The van der Waals surface area contributed by atoms with Gasteiger partial charge in [-0.2, -0.15) is 0 Å². The lowest BCUT2D eigenvalue weighted by Crippen LogP contribution is -2.08. The fraction of sp³-hybridized carbons (Fsp3) is 0. The summed E-state index contributed by atoms with van der Waals surface area (Å²) >= 11 is 0. The van der Waals surface area contributed by atoms with E-state index in [0.29, 0.717) is 5.52 Å². The second-order valence-electron chi connectivity index (χ2n) is 2.85. The fourth-order valence-corrected chi connectivity index (χ4v) is 1.50. The molecule has 0 aliphatic heterocycles. The molecule has 3 rings (SSSR count). The second-order valence-corrected chi connectivity index (χ2v) is 2.85. The highest BCUT2D eigenvalue weighted by molar-refractivity contribution is 5.65. The molecule has 4 heteroatoms. The van der Waals surface area contributed by atoms with Crippen LogP contribution in [0.2, 0.25) is 0 Å². The van der Waals surface area contributed by atoms with Crippen LogP contribution in [0.5, 0.6) is 0 Å². The zero-order valence-corrected chi connectivity index (χ0v) is 6.64. The summed E-state index contributed by atoms with van der Waals surface area (Å²) in [4.78, 5) is 19.1. The number of hydrogen-bond acceptors (Lipinski definition) is 3. The van der Waals surface area contributed by atoms with Crippen LogP contribution in [0.4, 0.5) is 0 Å². The molecule has 13 heavy (non-hydrogen) atoms. The van der Waals surface area contributed by atoms with Crippen molar-refractivity contribution < 1.29 is 0 Å². The van der Waals surface area contributed by atoms with Crippen LogP contribution in [-0.4, -0.2) is 14.4 Å². The van der Waals surface area contributed by atoms with Gasteiger partial charge in [0.05, 0.1) is 17.9 Å². The number of nitrogens with zero attached hydrogens (tertiary/aromatic N) is 3. The van der Waals surface area contributed by atoms with Gasteiger partial charge in [0.15, 0.2) is 0 Å². The van der Waals surface area contributed by atoms with Crippen molar-refractivity contribution in [2.24, 2.45) is 0 Å². The maximum atomic E-state index is 11.3. The summed E-state index contributed by atoms with van der Waals surface area (Å²) < 4.78 is 1.80. The van der Waals surface area contributed by atoms with Crippen molar-refractivity contribution in [2.45, 2.75) is 0 Å². The van der Waals surface area contributed by atoms with E-state index >= 15 is 0 Å². The normalized spacial score (nSPS) is 11.4. The van der Waals surface area contributed by atoms with Crippen LogP contribution in [0.15, 0.2) is 35.4 Å². The van der Waals surface area contributed by atoms with Crippen molar-refractivity contribution in [3.05, 3.63) is 40.9 Å². The highest BCUT2D eigenvalue weighted by atomic mass is 16.1. The van der Waals surface area contributed by atoms with Crippen LogP contribution >= 0.6 is 0 Å². The zero-order chi connectivity index (χ0) is 8.84. The third kappa shape index (κ3) is 0.717. The van der Waals surface area contributed by atoms with Gasteiger partial charge in [-0.15, -0.1) is 0 Å². The molecule has 0 aliphatic rings. The summed E-state index contributed by atoms with van der Waals surface area (Å²) in [6.45, 7) is 0. The first-order valence-corrected chi connectivity index (χ1v) is 3.91. The monoisotopic (exact) mass is 171 g/mol. The van der Waals surface area contributed by atoms with E-state index in [4.69, 9.17) is 0 Å². The summed E-state index contributed by atoms with van der Waals surface area (Å²) in [6.07, 6.45) is 3.11. The number of hydrogen-bond donors (Lipinski definition) is 0. The van der Waals surface area contributed by atoms with Crippen molar-refractivity contribution >= 4 is 16.7 Å². The predicted molar refractivity (Wildman–Crippen MR) is 47.9 cm³/mol. The van der Waals surface area contributed by atoms with E-state index in [2.05, 4.69) is 9.97 Å². The molecule has 3 aromatic rings. The van der Waals surface area contributed by atoms with Crippen molar-refractivity contribution in [3.8, 4) is 0 Å². The SMILES string of the molecule is O=c1ncc2cccc3ncc1n23. The first-order valence-electron chi connectivity index (χ1n) is 3.91. The molecule has 0 saturated heterocycles. The molecule has 0 aromatic carbocycles. The van der Waals surface area contributed by atoms with E-state index < -0.39 is 0 Å². The molecular weight excluding hydrogens is 166 g/mol. The van der Waals surface area contributed by atoms with Gasteiger partial charge in [-0.25, -0.2) is 9.97 Å². The Morgan fingerprint density at radius 3 is 3.00 bits per heavy atom. The van der Waals surface area contributed by atoms with E-state index in [1.54, 1.807) is 16.8 Å². The third-order valence-corrected chi connectivity index (χ3v) is 2.09. The molecule has 62 valence electrons. The molecule has 4 nitrogen and oxygen atoms in total. The second kappa shape index (κ2) is 2.04. The molecule has 0 spiro atoms. The summed E-state index contributed by atoms with van der Waals surface area (Å²) in [5, 5.41) is 0. The van der Waals surface area contributed by atoms with E-state index in [1.807, 2.05) is 18.2 Å². The summed E-state index contributed by atoms with van der Waals surface area (Å²) in [5.41, 5.74) is 1.98. The van der Waals surface area contributed by atoms with Crippen molar-refractivity contribution in [1.82, 2.24) is 14.4 Å². The summed E-state index contributed by atoms with van der Waals surface area (Å²) in [7, 11) is 0. The Bertz CT molecular complexity index is 629. The fourth-order valence-electron chi connectivity index (χ4n) is 1.50. The van der Waals surface area contributed by atoms with E-state index in [1.165, 1.54) is 0 Å². The first kappa shape index (κ1) is 6.54.